The molecule has 0 saturated carbocycles. The highest BCUT2D eigenvalue weighted by atomic mass is 32.2. The van der Waals surface area contributed by atoms with Crippen LogP contribution < -0.4 is 5.32 Å². The van der Waals surface area contributed by atoms with E-state index in [0.717, 1.165) is 17.8 Å². The van der Waals surface area contributed by atoms with Crippen molar-refractivity contribution in [3.8, 4) is 0 Å². The van der Waals surface area contributed by atoms with Gasteiger partial charge in [0, 0.05) is 19.0 Å². The van der Waals surface area contributed by atoms with Gasteiger partial charge >= 0.3 is 6.18 Å². The number of carbonyl (C=O) groups excluding carboxylic acids is 1. The SMILES string of the molecule is Cn1c(CNC(=O)Cc2cccc(C(F)(F)F)c2)nnc1SCc1ccccn1. The Morgan fingerprint density at radius 1 is 1.17 bits per heavy atom. The summed E-state index contributed by atoms with van der Waals surface area (Å²) in [5.74, 6) is 0.787. The number of alkyl halides is 3. The third kappa shape index (κ3) is 5.80. The lowest BCUT2D eigenvalue weighted by Crippen LogP contribution is -2.26. The predicted molar refractivity (Wildman–Crippen MR) is 102 cm³/mol. The van der Waals surface area contributed by atoms with Gasteiger partial charge in [-0.05, 0) is 23.8 Å². The van der Waals surface area contributed by atoms with Gasteiger partial charge in [-0.2, -0.15) is 13.2 Å². The van der Waals surface area contributed by atoms with E-state index in [0.29, 0.717) is 22.3 Å². The Bertz CT molecular complexity index is 975. The molecule has 1 N–H and O–H groups in total. The van der Waals surface area contributed by atoms with Crippen LogP contribution in [0.2, 0.25) is 0 Å². The third-order valence-corrected chi connectivity index (χ3v) is 5.12. The molecule has 0 saturated heterocycles. The molecule has 1 aromatic carbocycles. The monoisotopic (exact) mass is 421 g/mol. The molecule has 0 radical (unpaired) electrons. The van der Waals surface area contributed by atoms with E-state index < -0.39 is 17.6 Å². The van der Waals surface area contributed by atoms with Crippen LogP contribution in [0.25, 0.3) is 0 Å². The number of hydrogen-bond acceptors (Lipinski definition) is 5. The number of thioether (sulfide) groups is 1. The average Bonchev–Trinajstić information content (AvgIpc) is 3.05. The number of carbonyl (C=O) groups is 1. The maximum atomic E-state index is 12.8. The fourth-order valence-electron chi connectivity index (χ4n) is 2.53. The first-order valence-corrected chi connectivity index (χ1v) is 9.65. The molecular weight excluding hydrogens is 403 g/mol. The first-order chi connectivity index (χ1) is 13.8. The number of pyridine rings is 1. The quantitative estimate of drug-likeness (QED) is 0.592. The summed E-state index contributed by atoms with van der Waals surface area (Å²) in [6, 6.07) is 10.4. The van der Waals surface area contributed by atoms with Crippen LogP contribution in [-0.4, -0.2) is 25.7 Å². The maximum Gasteiger partial charge on any atom is 0.416 e. The maximum absolute atomic E-state index is 12.8. The highest BCUT2D eigenvalue weighted by Gasteiger charge is 2.30. The smallest absolute Gasteiger partial charge is 0.349 e. The van der Waals surface area contributed by atoms with Gasteiger partial charge in [-0.15, -0.1) is 10.2 Å². The molecule has 0 aliphatic heterocycles. The Hall–Kier alpha value is -2.88. The van der Waals surface area contributed by atoms with Crippen molar-refractivity contribution in [3.05, 3.63) is 71.3 Å². The standard InChI is InChI=1S/C19H18F3N5OS/c1-27-16(25-26-18(27)29-12-15-7-2-3-8-23-15)11-24-17(28)10-13-5-4-6-14(9-13)19(20,21)22/h2-9H,10-12H2,1H3,(H,24,28). The number of benzene rings is 1. The molecule has 29 heavy (non-hydrogen) atoms. The summed E-state index contributed by atoms with van der Waals surface area (Å²) in [5.41, 5.74) is 0.434. The van der Waals surface area contributed by atoms with Gasteiger partial charge in [0.25, 0.3) is 0 Å². The van der Waals surface area contributed by atoms with Crippen LogP contribution in [0.5, 0.6) is 0 Å². The van der Waals surface area contributed by atoms with E-state index in [9.17, 15) is 18.0 Å². The van der Waals surface area contributed by atoms with E-state index in [1.165, 1.54) is 23.9 Å². The van der Waals surface area contributed by atoms with E-state index in [2.05, 4.69) is 20.5 Å². The molecule has 10 heteroatoms. The molecule has 3 rings (SSSR count). The molecule has 2 aromatic heterocycles. The molecule has 152 valence electrons. The first-order valence-electron chi connectivity index (χ1n) is 8.67. The van der Waals surface area contributed by atoms with E-state index in [1.54, 1.807) is 17.8 Å². The minimum atomic E-state index is -4.44. The summed E-state index contributed by atoms with van der Waals surface area (Å²) in [7, 11) is 1.79. The molecule has 0 bridgehead atoms. The zero-order chi connectivity index (χ0) is 20.9. The van der Waals surface area contributed by atoms with Crippen LogP contribution in [0.4, 0.5) is 13.2 Å². The van der Waals surface area contributed by atoms with Gasteiger partial charge in [0.05, 0.1) is 24.2 Å². The first kappa shape index (κ1) is 20.8. The van der Waals surface area contributed by atoms with Gasteiger partial charge < -0.3 is 9.88 Å². The van der Waals surface area contributed by atoms with Crippen LogP contribution in [-0.2, 0) is 36.7 Å². The summed E-state index contributed by atoms with van der Waals surface area (Å²) in [6.45, 7) is 0.130. The van der Waals surface area contributed by atoms with Gasteiger partial charge in [0.2, 0.25) is 5.91 Å². The molecule has 0 spiro atoms. The largest absolute Gasteiger partial charge is 0.416 e. The molecule has 0 fully saturated rings. The number of rotatable bonds is 7. The van der Waals surface area contributed by atoms with Crippen molar-refractivity contribution >= 4 is 17.7 Å². The zero-order valence-corrected chi connectivity index (χ0v) is 16.3. The molecule has 0 atom stereocenters. The minimum Gasteiger partial charge on any atom is -0.349 e. The summed E-state index contributed by atoms with van der Waals surface area (Å²) < 4.78 is 40.1. The Balaban J connectivity index is 1.54. The van der Waals surface area contributed by atoms with Crippen molar-refractivity contribution in [2.75, 3.05) is 0 Å². The van der Waals surface area contributed by atoms with Gasteiger partial charge in [-0.25, -0.2) is 0 Å². The minimum absolute atomic E-state index is 0.130. The molecule has 0 aliphatic carbocycles. The fourth-order valence-corrected chi connectivity index (χ4v) is 3.38. The number of aromatic nitrogens is 4. The lowest BCUT2D eigenvalue weighted by atomic mass is 10.1. The van der Waals surface area contributed by atoms with Crippen molar-refractivity contribution in [2.45, 2.75) is 30.1 Å². The van der Waals surface area contributed by atoms with Crippen molar-refractivity contribution in [3.63, 3.8) is 0 Å². The van der Waals surface area contributed by atoms with Crippen LogP contribution in [0, 0.1) is 0 Å². The van der Waals surface area contributed by atoms with Crippen molar-refractivity contribution in [1.29, 1.82) is 0 Å². The Morgan fingerprint density at radius 2 is 2.00 bits per heavy atom. The fraction of sp³-hybridized carbons (Fsp3) is 0.263. The number of hydrogen-bond donors (Lipinski definition) is 1. The Morgan fingerprint density at radius 3 is 2.72 bits per heavy atom. The van der Waals surface area contributed by atoms with Crippen LogP contribution in [0.3, 0.4) is 0 Å². The molecule has 0 unspecified atom stereocenters. The molecule has 2 heterocycles. The van der Waals surface area contributed by atoms with E-state index in [1.807, 2.05) is 18.2 Å². The van der Waals surface area contributed by atoms with Gasteiger partial charge in [0.1, 0.15) is 0 Å². The number of nitrogens with one attached hydrogen (secondary N) is 1. The zero-order valence-electron chi connectivity index (χ0n) is 15.5. The predicted octanol–water partition coefficient (Wildman–Crippen LogP) is 3.38. The van der Waals surface area contributed by atoms with Crippen molar-refractivity contribution < 1.29 is 18.0 Å². The number of amides is 1. The second-order valence-electron chi connectivity index (χ2n) is 6.22. The second-order valence-corrected chi connectivity index (χ2v) is 7.16. The van der Waals surface area contributed by atoms with E-state index in [-0.39, 0.29) is 13.0 Å². The summed E-state index contributed by atoms with van der Waals surface area (Å²) in [6.07, 6.45) is -2.87. The highest BCUT2D eigenvalue weighted by Crippen LogP contribution is 2.29. The summed E-state index contributed by atoms with van der Waals surface area (Å²) in [5, 5.41) is 11.5. The Kier molecular flexibility index (Phi) is 6.53. The molecule has 1 amide bonds. The summed E-state index contributed by atoms with van der Waals surface area (Å²) in [4.78, 5) is 16.4. The highest BCUT2D eigenvalue weighted by molar-refractivity contribution is 7.98. The Labute approximate surface area is 169 Å². The van der Waals surface area contributed by atoms with Crippen LogP contribution in [0.1, 0.15) is 22.6 Å². The molecule has 3 aromatic rings. The third-order valence-electron chi connectivity index (χ3n) is 4.06. The lowest BCUT2D eigenvalue weighted by Gasteiger charge is -2.09. The van der Waals surface area contributed by atoms with E-state index in [4.69, 9.17) is 0 Å². The lowest BCUT2D eigenvalue weighted by molar-refractivity contribution is -0.137. The second kappa shape index (κ2) is 9.08. The molecular formula is C19H18F3N5OS. The van der Waals surface area contributed by atoms with Crippen molar-refractivity contribution in [2.24, 2.45) is 7.05 Å². The molecule has 0 aliphatic rings. The molecule has 6 nitrogen and oxygen atoms in total. The summed E-state index contributed by atoms with van der Waals surface area (Å²) >= 11 is 1.47. The van der Waals surface area contributed by atoms with Gasteiger partial charge in [0.15, 0.2) is 11.0 Å². The van der Waals surface area contributed by atoms with Gasteiger partial charge in [-0.1, -0.05) is 36.0 Å². The number of nitrogens with zero attached hydrogens (tertiary/aromatic N) is 4. The van der Waals surface area contributed by atoms with Crippen molar-refractivity contribution in [1.82, 2.24) is 25.1 Å². The number of halogens is 3. The van der Waals surface area contributed by atoms with Crippen LogP contribution in [0.15, 0.2) is 53.8 Å². The average molecular weight is 421 g/mol. The van der Waals surface area contributed by atoms with Gasteiger partial charge in [-0.3, -0.25) is 9.78 Å². The normalized spacial score (nSPS) is 11.4. The van der Waals surface area contributed by atoms with Crippen LogP contribution >= 0.6 is 11.8 Å². The van der Waals surface area contributed by atoms with E-state index >= 15 is 0 Å². The topological polar surface area (TPSA) is 72.7 Å².